The molecule has 2 amide bonds. The highest BCUT2D eigenvalue weighted by Gasteiger charge is 2.13. The number of rotatable bonds is 10. The molecule has 9 nitrogen and oxygen atoms in total. The molecule has 0 saturated carbocycles. The van der Waals surface area contributed by atoms with Gasteiger partial charge in [-0.1, -0.05) is 0 Å². The Hall–Kier alpha value is -3.46. The lowest BCUT2D eigenvalue weighted by Crippen LogP contribution is -2.40. The standard InChI is InChI=1S/C22H28N2O7/c1-15(24-22(26)31-20-11-7-18(28-4)8-12-20)14-29-16(2)13-23-21(25)30-19-9-5-17(27-3)6-10-19/h5-12,15-16H,13-14H2,1-4H3,(H,23,25)(H,24,26). The molecule has 0 heterocycles. The highest BCUT2D eigenvalue weighted by molar-refractivity contribution is 5.71. The van der Waals surface area contributed by atoms with Crippen molar-refractivity contribution in [2.45, 2.75) is 26.0 Å². The molecule has 0 radical (unpaired) electrons. The maximum absolute atomic E-state index is 11.9. The summed E-state index contributed by atoms with van der Waals surface area (Å²) in [6.45, 7) is 4.08. The van der Waals surface area contributed by atoms with E-state index in [9.17, 15) is 9.59 Å². The summed E-state index contributed by atoms with van der Waals surface area (Å²) in [7, 11) is 3.12. The van der Waals surface area contributed by atoms with Crippen LogP contribution in [0.25, 0.3) is 0 Å². The molecule has 2 atom stereocenters. The third kappa shape index (κ3) is 8.83. The minimum Gasteiger partial charge on any atom is -0.497 e. The Morgan fingerprint density at radius 2 is 1.23 bits per heavy atom. The maximum atomic E-state index is 11.9. The molecule has 0 aliphatic carbocycles. The Bertz CT molecular complexity index is 825. The fraction of sp³-hybridized carbons (Fsp3) is 0.364. The van der Waals surface area contributed by atoms with Crippen LogP contribution in [-0.2, 0) is 4.74 Å². The summed E-state index contributed by atoms with van der Waals surface area (Å²) in [4.78, 5) is 23.8. The summed E-state index contributed by atoms with van der Waals surface area (Å²) in [5.41, 5.74) is 0. The molecule has 0 aliphatic heterocycles. The molecule has 2 aromatic rings. The Balaban J connectivity index is 1.63. The summed E-state index contributed by atoms with van der Waals surface area (Å²) in [5, 5.41) is 5.31. The second-order valence-electron chi connectivity index (χ2n) is 6.70. The van der Waals surface area contributed by atoms with E-state index in [2.05, 4.69) is 10.6 Å². The minimum atomic E-state index is -0.588. The smallest absolute Gasteiger partial charge is 0.412 e. The van der Waals surface area contributed by atoms with Crippen LogP contribution in [0.4, 0.5) is 9.59 Å². The third-order valence-corrected chi connectivity index (χ3v) is 4.07. The molecular formula is C22H28N2O7. The molecule has 0 fully saturated rings. The molecule has 2 unspecified atom stereocenters. The first kappa shape index (κ1) is 23.8. The number of carbonyl (C=O) groups excluding carboxylic acids is 2. The molecule has 2 N–H and O–H groups in total. The van der Waals surface area contributed by atoms with Gasteiger partial charge in [-0.3, -0.25) is 0 Å². The zero-order valence-corrected chi connectivity index (χ0v) is 18.0. The summed E-state index contributed by atoms with van der Waals surface area (Å²) in [6.07, 6.45) is -1.46. The molecule has 168 valence electrons. The maximum Gasteiger partial charge on any atom is 0.412 e. The number of ether oxygens (including phenoxy) is 5. The van der Waals surface area contributed by atoms with Crippen LogP contribution in [0.5, 0.6) is 23.0 Å². The third-order valence-electron chi connectivity index (χ3n) is 4.07. The van der Waals surface area contributed by atoms with Crippen molar-refractivity contribution in [1.82, 2.24) is 10.6 Å². The largest absolute Gasteiger partial charge is 0.497 e. The summed E-state index contributed by atoms with van der Waals surface area (Å²) in [6, 6.07) is 13.0. The van der Waals surface area contributed by atoms with Gasteiger partial charge in [-0.05, 0) is 62.4 Å². The van der Waals surface area contributed by atoms with Crippen molar-refractivity contribution in [2.75, 3.05) is 27.4 Å². The Morgan fingerprint density at radius 3 is 1.71 bits per heavy atom. The minimum absolute atomic E-state index is 0.244. The molecule has 0 bridgehead atoms. The topological polar surface area (TPSA) is 104 Å². The molecule has 0 aliphatic rings. The van der Waals surface area contributed by atoms with Gasteiger partial charge in [0, 0.05) is 6.54 Å². The van der Waals surface area contributed by atoms with Gasteiger partial charge in [-0.25, -0.2) is 9.59 Å². The molecule has 2 rings (SSSR count). The number of carbonyl (C=O) groups is 2. The SMILES string of the molecule is COc1ccc(OC(=O)NCC(C)OCC(C)NC(=O)Oc2ccc(OC)cc2)cc1. The molecule has 9 heteroatoms. The lowest BCUT2D eigenvalue weighted by Gasteiger charge is -2.18. The number of methoxy groups -OCH3 is 2. The van der Waals surface area contributed by atoms with Gasteiger partial charge >= 0.3 is 12.2 Å². The fourth-order valence-electron chi connectivity index (χ4n) is 2.40. The first-order valence-electron chi connectivity index (χ1n) is 9.73. The quantitative estimate of drug-likeness (QED) is 0.593. The number of nitrogens with one attached hydrogen (secondary N) is 2. The first-order valence-corrected chi connectivity index (χ1v) is 9.73. The van der Waals surface area contributed by atoms with E-state index in [0.717, 1.165) is 0 Å². The van der Waals surface area contributed by atoms with E-state index in [0.29, 0.717) is 23.0 Å². The Labute approximate surface area is 181 Å². The molecular weight excluding hydrogens is 404 g/mol. The highest BCUT2D eigenvalue weighted by atomic mass is 16.6. The summed E-state index contributed by atoms with van der Waals surface area (Å²) >= 11 is 0. The predicted octanol–water partition coefficient (Wildman–Crippen LogP) is 3.37. The van der Waals surface area contributed by atoms with Gasteiger partial charge in [0.2, 0.25) is 0 Å². The van der Waals surface area contributed by atoms with E-state index in [1.165, 1.54) is 0 Å². The molecule has 0 saturated heterocycles. The summed E-state index contributed by atoms with van der Waals surface area (Å²) in [5.74, 6) is 2.15. The van der Waals surface area contributed by atoms with Crippen molar-refractivity contribution in [2.24, 2.45) is 0 Å². The van der Waals surface area contributed by atoms with Crippen LogP contribution >= 0.6 is 0 Å². The van der Waals surface area contributed by atoms with Gasteiger partial charge in [-0.15, -0.1) is 0 Å². The van der Waals surface area contributed by atoms with Crippen molar-refractivity contribution in [3.05, 3.63) is 48.5 Å². The van der Waals surface area contributed by atoms with Crippen LogP contribution < -0.4 is 29.6 Å². The van der Waals surface area contributed by atoms with E-state index in [1.807, 2.05) is 0 Å². The van der Waals surface area contributed by atoms with Gasteiger partial charge in [0.05, 0.1) is 33.0 Å². The zero-order valence-electron chi connectivity index (χ0n) is 18.0. The average Bonchev–Trinajstić information content (AvgIpc) is 2.77. The van der Waals surface area contributed by atoms with E-state index in [1.54, 1.807) is 76.6 Å². The lowest BCUT2D eigenvalue weighted by atomic mass is 10.3. The number of hydrogen-bond donors (Lipinski definition) is 2. The van der Waals surface area contributed by atoms with Crippen molar-refractivity contribution in [1.29, 1.82) is 0 Å². The molecule has 0 aromatic heterocycles. The van der Waals surface area contributed by atoms with Gasteiger partial charge in [-0.2, -0.15) is 0 Å². The van der Waals surface area contributed by atoms with Crippen LogP contribution in [0.2, 0.25) is 0 Å². The average molecular weight is 432 g/mol. The molecule has 31 heavy (non-hydrogen) atoms. The number of amides is 2. The van der Waals surface area contributed by atoms with Crippen LogP contribution in [0.1, 0.15) is 13.8 Å². The zero-order chi connectivity index (χ0) is 22.6. The molecule has 0 spiro atoms. The first-order chi connectivity index (χ1) is 14.9. The van der Waals surface area contributed by atoms with Gasteiger partial charge in [0.15, 0.2) is 0 Å². The lowest BCUT2D eigenvalue weighted by molar-refractivity contribution is 0.0533. The van der Waals surface area contributed by atoms with Crippen LogP contribution in [0.3, 0.4) is 0 Å². The van der Waals surface area contributed by atoms with Crippen LogP contribution in [0.15, 0.2) is 48.5 Å². The monoisotopic (exact) mass is 432 g/mol. The van der Waals surface area contributed by atoms with Crippen molar-refractivity contribution < 1.29 is 33.3 Å². The normalized spacial score (nSPS) is 12.3. The van der Waals surface area contributed by atoms with E-state index in [4.69, 9.17) is 23.7 Å². The number of benzene rings is 2. The van der Waals surface area contributed by atoms with Crippen molar-refractivity contribution in [3.63, 3.8) is 0 Å². The fourth-order valence-corrected chi connectivity index (χ4v) is 2.40. The van der Waals surface area contributed by atoms with Crippen LogP contribution in [0, 0.1) is 0 Å². The van der Waals surface area contributed by atoms with Crippen molar-refractivity contribution >= 4 is 12.2 Å². The van der Waals surface area contributed by atoms with Gasteiger partial charge in [0.1, 0.15) is 23.0 Å². The highest BCUT2D eigenvalue weighted by Crippen LogP contribution is 2.18. The van der Waals surface area contributed by atoms with Crippen LogP contribution in [-0.4, -0.2) is 51.7 Å². The van der Waals surface area contributed by atoms with Gasteiger partial charge < -0.3 is 34.3 Å². The molecule has 2 aromatic carbocycles. The Morgan fingerprint density at radius 1 is 0.774 bits per heavy atom. The van der Waals surface area contributed by atoms with Gasteiger partial charge in [0.25, 0.3) is 0 Å². The second kappa shape index (κ2) is 12.3. The van der Waals surface area contributed by atoms with E-state index >= 15 is 0 Å². The predicted molar refractivity (Wildman–Crippen MR) is 114 cm³/mol. The van der Waals surface area contributed by atoms with Crippen molar-refractivity contribution in [3.8, 4) is 23.0 Å². The number of hydrogen-bond acceptors (Lipinski definition) is 7. The second-order valence-corrected chi connectivity index (χ2v) is 6.70. The summed E-state index contributed by atoms with van der Waals surface area (Å²) < 4.78 is 26.1. The Kier molecular flexibility index (Phi) is 9.44. The van der Waals surface area contributed by atoms with E-state index < -0.39 is 12.2 Å². The van der Waals surface area contributed by atoms with E-state index in [-0.39, 0.29) is 25.3 Å².